The maximum absolute atomic E-state index is 12.0. The summed E-state index contributed by atoms with van der Waals surface area (Å²) in [7, 11) is 1.76. The van der Waals surface area contributed by atoms with E-state index >= 15 is 0 Å². The Kier molecular flexibility index (Phi) is 11.2. The summed E-state index contributed by atoms with van der Waals surface area (Å²) >= 11 is 3.50. The van der Waals surface area contributed by atoms with Gasteiger partial charge in [0.25, 0.3) is 5.56 Å². The van der Waals surface area contributed by atoms with Gasteiger partial charge in [0.15, 0.2) is 0 Å². The van der Waals surface area contributed by atoms with Crippen LogP contribution in [0.25, 0.3) is 11.1 Å². The molecule has 3 aromatic rings. The lowest BCUT2D eigenvalue weighted by Crippen LogP contribution is -2.26. The van der Waals surface area contributed by atoms with Crippen LogP contribution in [0.3, 0.4) is 0 Å². The van der Waals surface area contributed by atoms with Gasteiger partial charge >= 0.3 is 0 Å². The van der Waals surface area contributed by atoms with Crippen LogP contribution >= 0.6 is 15.9 Å². The molecule has 256 valence electrons. The molecule has 2 atom stereocenters. The van der Waals surface area contributed by atoms with Crippen molar-refractivity contribution in [3.05, 3.63) is 68.0 Å². The van der Waals surface area contributed by atoms with Crippen LogP contribution in [-0.4, -0.2) is 55.0 Å². The van der Waals surface area contributed by atoms with Crippen LogP contribution in [0.2, 0.25) is 0 Å². The van der Waals surface area contributed by atoms with Gasteiger partial charge in [0.2, 0.25) is 11.8 Å². The summed E-state index contributed by atoms with van der Waals surface area (Å²) in [5.41, 5.74) is 6.40. The number of hydrogen-bond acceptors (Lipinski definition) is 7. The first-order valence-electron chi connectivity index (χ1n) is 17.0. The van der Waals surface area contributed by atoms with Crippen LogP contribution < -0.4 is 25.7 Å². The normalized spacial score (nSPS) is 20.3. The molecule has 2 aromatic carbocycles. The summed E-state index contributed by atoms with van der Waals surface area (Å²) in [5, 5.41) is 5.88. The topological polar surface area (TPSA) is 117 Å². The predicted octanol–water partition coefficient (Wildman–Crippen LogP) is 6.48. The zero-order valence-electron chi connectivity index (χ0n) is 27.7. The largest absolute Gasteiger partial charge is 0.489 e. The number of nitrogens with zero attached hydrogens (tertiary/aromatic N) is 1. The van der Waals surface area contributed by atoms with Crippen LogP contribution in [0, 0.1) is 6.92 Å². The highest BCUT2D eigenvalue weighted by molar-refractivity contribution is 9.10. The average molecular weight is 723 g/mol. The van der Waals surface area contributed by atoms with Gasteiger partial charge in [0.05, 0.1) is 23.6 Å². The third kappa shape index (κ3) is 8.48. The molecule has 2 fully saturated rings. The molecule has 2 unspecified atom stereocenters. The van der Waals surface area contributed by atoms with E-state index in [-0.39, 0.29) is 29.6 Å². The minimum absolute atomic E-state index is 0.0000981. The number of anilines is 2. The second-order valence-corrected chi connectivity index (χ2v) is 13.9. The van der Waals surface area contributed by atoms with E-state index in [0.29, 0.717) is 43.8 Å². The molecule has 10 nitrogen and oxygen atoms in total. The van der Waals surface area contributed by atoms with Gasteiger partial charge in [0, 0.05) is 49.3 Å². The zero-order chi connectivity index (χ0) is 33.6. The first kappa shape index (κ1) is 34.2. The Hall–Kier alpha value is -3.67. The minimum Gasteiger partial charge on any atom is -0.489 e. The summed E-state index contributed by atoms with van der Waals surface area (Å²) in [6.07, 6.45) is 11.2. The van der Waals surface area contributed by atoms with E-state index < -0.39 is 0 Å². The Morgan fingerprint density at radius 3 is 1.85 bits per heavy atom. The molecule has 1 aromatic heterocycles. The maximum Gasteiger partial charge on any atom is 0.253 e. The number of nitrogens with one attached hydrogen (secondary N) is 2. The summed E-state index contributed by atoms with van der Waals surface area (Å²) in [4.78, 5) is 35.5. The van der Waals surface area contributed by atoms with Gasteiger partial charge in [-0.3, -0.25) is 14.4 Å². The molecule has 0 bridgehead atoms. The Morgan fingerprint density at radius 1 is 0.750 bits per heavy atom. The molecule has 2 saturated heterocycles. The number of rotatable bonds is 7. The van der Waals surface area contributed by atoms with E-state index in [1.165, 1.54) is 6.42 Å². The van der Waals surface area contributed by atoms with E-state index in [9.17, 15) is 14.4 Å². The standard InChI is InChI=1S/C22H26N2O4.C15H18BrNO3/c1-14-9-17(12-24(2)22(14)26)16-10-15-6-7-20(25)23-21(15)19(11-16)28-13-18-5-3-4-8-27-18;16-11-7-10-4-5-14(18)17-15(10)13(8-11)20-9-12-3-1-2-6-19-12/h9-12,18H,3-8,13H2,1-2H3,(H,23,25);7-8,12H,1-6,9H2,(H,17,18). The summed E-state index contributed by atoms with van der Waals surface area (Å²) in [5.74, 6) is 1.47. The molecular weight excluding hydrogens is 678 g/mol. The Morgan fingerprint density at radius 2 is 1.31 bits per heavy atom. The highest BCUT2D eigenvalue weighted by Crippen LogP contribution is 2.38. The first-order valence-corrected chi connectivity index (χ1v) is 17.8. The van der Waals surface area contributed by atoms with Gasteiger partial charge in [-0.05, 0) is 111 Å². The number of benzene rings is 2. The fraction of sp³-hybridized carbons (Fsp3) is 0.486. The number of carbonyl (C=O) groups excluding carboxylic acids is 2. The molecule has 5 heterocycles. The highest BCUT2D eigenvalue weighted by Gasteiger charge is 2.24. The monoisotopic (exact) mass is 721 g/mol. The summed E-state index contributed by atoms with van der Waals surface area (Å²) < 4.78 is 26.1. The van der Waals surface area contributed by atoms with Gasteiger partial charge in [-0.2, -0.15) is 0 Å². The number of ether oxygens (including phenoxy) is 4. The van der Waals surface area contributed by atoms with E-state index in [4.69, 9.17) is 18.9 Å². The van der Waals surface area contributed by atoms with Crippen molar-refractivity contribution in [3.8, 4) is 22.6 Å². The second-order valence-electron chi connectivity index (χ2n) is 13.0. The second kappa shape index (κ2) is 15.7. The molecule has 4 aliphatic rings. The average Bonchev–Trinajstić information content (AvgIpc) is 3.09. The maximum atomic E-state index is 12.0. The van der Waals surface area contributed by atoms with Crippen molar-refractivity contribution in [3.63, 3.8) is 0 Å². The summed E-state index contributed by atoms with van der Waals surface area (Å²) in [6, 6.07) is 9.88. The first-order chi connectivity index (χ1) is 23.2. The van der Waals surface area contributed by atoms with Crippen molar-refractivity contribution in [1.29, 1.82) is 0 Å². The van der Waals surface area contributed by atoms with E-state index in [1.54, 1.807) is 11.6 Å². The number of fused-ring (bicyclic) bond motifs is 2. The summed E-state index contributed by atoms with van der Waals surface area (Å²) in [6.45, 7) is 4.43. The lowest BCUT2D eigenvalue weighted by atomic mass is 9.96. The Labute approximate surface area is 289 Å². The van der Waals surface area contributed by atoms with E-state index in [0.717, 1.165) is 95.6 Å². The minimum atomic E-state index is -0.0000981. The third-order valence-electron chi connectivity index (χ3n) is 9.20. The van der Waals surface area contributed by atoms with Gasteiger partial charge in [0.1, 0.15) is 24.7 Å². The molecular formula is C37H44BrN3O7. The van der Waals surface area contributed by atoms with Crippen molar-refractivity contribution in [2.75, 3.05) is 37.1 Å². The van der Waals surface area contributed by atoms with Crippen LogP contribution in [0.15, 0.2) is 45.8 Å². The van der Waals surface area contributed by atoms with Gasteiger partial charge in [-0.15, -0.1) is 0 Å². The number of hydrogen-bond donors (Lipinski definition) is 2. The van der Waals surface area contributed by atoms with Crippen molar-refractivity contribution >= 4 is 39.1 Å². The number of aryl methyl sites for hydroxylation is 4. The number of pyridine rings is 1. The van der Waals surface area contributed by atoms with Gasteiger partial charge in [-0.1, -0.05) is 15.9 Å². The Balaban J connectivity index is 0.000000177. The number of amides is 2. The van der Waals surface area contributed by atoms with Crippen LogP contribution in [0.4, 0.5) is 11.4 Å². The van der Waals surface area contributed by atoms with Crippen molar-refractivity contribution in [1.82, 2.24) is 4.57 Å². The van der Waals surface area contributed by atoms with Crippen molar-refractivity contribution < 1.29 is 28.5 Å². The number of halogens is 1. The van der Waals surface area contributed by atoms with Crippen molar-refractivity contribution in [2.24, 2.45) is 7.05 Å². The van der Waals surface area contributed by atoms with Gasteiger partial charge < -0.3 is 34.1 Å². The molecule has 48 heavy (non-hydrogen) atoms. The smallest absolute Gasteiger partial charge is 0.253 e. The molecule has 4 aliphatic heterocycles. The molecule has 2 N–H and O–H groups in total. The number of aromatic nitrogens is 1. The van der Waals surface area contributed by atoms with Crippen molar-refractivity contribution in [2.45, 2.75) is 83.3 Å². The molecule has 2 amide bonds. The number of carbonyl (C=O) groups is 2. The van der Waals surface area contributed by atoms with Crippen LogP contribution in [0.1, 0.15) is 68.1 Å². The fourth-order valence-electron chi connectivity index (χ4n) is 6.56. The SMILES string of the molecule is Cc1cc(-c2cc3c(c(OCC4CCCCO4)c2)NC(=O)CC3)cn(C)c1=O.O=C1CCc2cc(Br)cc(OCC3CCCCO3)c2N1. The van der Waals surface area contributed by atoms with E-state index in [2.05, 4.69) is 32.6 Å². The van der Waals surface area contributed by atoms with E-state index in [1.807, 2.05) is 37.4 Å². The molecule has 0 radical (unpaired) electrons. The molecule has 7 rings (SSSR count). The highest BCUT2D eigenvalue weighted by atomic mass is 79.9. The molecule has 0 aliphatic carbocycles. The molecule has 11 heteroatoms. The van der Waals surface area contributed by atoms with Crippen LogP contribution in [0.5, 0.6) is 11.5 Å². The third-order valence-corrected chi connectivity index (χ3v) is 9.66. The van der Waals surface area contributed by atoms with Gasteiger partial charge in [-0.25, -0.2) is 0 Å². The van der Waals surface area contributed by atoms with Crippen LogP contribution in [-0.2, 0) is 39.0 Å². The predicted molar refractivity (Wildman–Crippen MR) is 188 cm³/mol. The zero-order valence-corrected chi connectivity index (χ0v) is 29.3. The quantitative estimate of drug-likeness (QED) is 0.287. The lowest BCUT2D eigenvalue weighted by molar-refractivity contribution is -0.117. The Bertz CT molecular complexity index is 1680. The lowest BCUT2D eigenvalue weighted by Gasteiger charge is -2.25. The molecule has 0 spiro atoms. The fourth-order valence-corrected chi connectivity index (χ4v) is 7.04. The molecule has 0 saturated carbocycles.